The van der Waals surface area contributed by atoms with Crippen molar-refractivity contribution < 1.29 is 9.53 Å². The molecule has 0 aromatic heterocycles. The Morgan fingerprint density at radius 2 is 2.12 bits per heavy atom. The van der Waals surface area contributed by atoms with E-state index in [0.29, 0.717) is 23.6 Å². The van der Waals surface area contributed by atoms with Crippen molar-refractivity contribution in [1.82, 2.24) is 0 Å². The number of benzene rings is 2. The Morgan fingerprint density at radius 3 is 2.81 bits per heavy atom. The van der Waals surface area contributed by atoms with Crippen LogP contribution in [0.3, 0.4) is 0 Å². The summed E-state index contributed by atoms with van der Waals surface area (Å²) in [4.78, 5) is 12.6. The van der Waals surface area contributed by atoms with E-state index in [0.717, 1.165) is 16.5 Å². The minimum Gasteiger partial charge on any atom is -0.489 e. The molecule has 0 heterocycles. The zero-order valence-corrected chi connectivity index (χ0v) is 16.0. The highest BCUT2D eigenvalue weighted by atomic mass is 79.9. The summed E-state index contributed by atoms with van der Waals surface area (Å²) in [5.74, 6) is 0.116. The maximum atomic E-state index is 12.6. The van der Waals surface area contributed by atoms with Crippen molar-refractivity contribution in [2.45, 2.75) is 13.3 Å². The van der Waals surface area contributed by atoms with E-state index in [9.17, 15) is 10.1 Å². The SMILES string of the molecule is C=CCOc1ccc(Br)cc1/C=C(\C#N)C(=O)Nc1ccccc1CC. The number of aryl methyl sites for hydroxylation is 1. The summed E-state index contributed by atoms with van der Waals surface area (Å²) in [5, 5.41) is 12.3. The first-order chi connectivity index (χ1) is 12.6. The number of nitrogens with zero attached hydrogens (tertiary/aromatic N) is 1. The molecule has 0 bridgehead atoms. The van der Waals surface area contributed by atoms with E-state index in [1.165, 1.54) is 6.08 Å². The Bertz CT molecular complexity index is 882. The number of para-hydroxylation sites is 1. The van der Waals surface area contributed by atoms with Gasteiger partial charge in [0, 0.05) is 15.7 Å². The predicted molar refractivity (Wildman–Crippen MR) is 108 cm³/mol. The van der Waals surface area contributed by atoms with Gasteiger partial charge in [0.2, 0.25) is 0 Å². The molecule has 132 valence electrons. The van der Waals surface area contributed by atoms with Gasteiger partial charge in [-0.15, -0.1) is 0 Å². The Hall–Kier alpha value is -2.84. The first-order valence-electron chi connectivity index (χ1n) is 8.13. The highest BCUT2D eigenvalue weighted by Gasteiger charge is 2.13. The van der Waals surface area contributed by atoms with Crippen LogP contribution < -0.4 is 10.1 Å². The van der Waals surface area contributed by atoms with Crippen LogP contribution in [0.5, 0.6) is 5.75 Å². The molecule has 2 aromatic carbocycles. The Balaban J connectivity index is 2.32. The van der Waals surface area contributed by atoms with Crippen molar-refractivity contribution in [3.8, 4) is 11.8 Å². The van der Waals surface area contributed by atoms with Crippen LogP contribution in [0.4, 0.5) is 5.69 Å². The monoisotopic (exact) mass is 410 g/mol. The lowest BCUT2D eigenvalue weighted by atomic mass is 10.1. The molecule has 0 atom stereocenters. The maximum absolute atomic E-state index is 12.6. The zero-order chi connectivity index (χ0) is 18.9. The van der Waals surface area contributed by atoms with Crippen LogP contribution in [0.1, 0.15) is 18.1 Å². The van der Waals surface area contributed by atoms with Crippen LogP contribution >= 0.6 is 15.9 Å². The second-order valence-electron chi connectivity index (χ2n) is 5.42. The Labute approximate surface area is 161 Å². The fraction of sp³-hybridized carbons (Fsp3) is 0.143. The van der Waals surface area contributed by atoms with Gasteiger partial charge in [0.25, 0.3) is 5.91 Å². The van der Waals surface area contributed by atoms with E-state index in [1.54, 1.807) is 18.2 Å². The van der Waals surface area contributed by atoms with Crippen molar-refractivity contribution >= 4 is 33.6 Å². The molecule has 5 heteroatoms. The Morgan fingerprint density at radius 1 is 1.35 bits per heavy atom. The highest BCUT2D eigenvalue weighted by Crippen LogP contribution is 2.26. The quantitative estimate of drug-likeness (QED) is 0.391. The largest absolute Gasteiger partial charge is 0.489 e. The number of rotatable bonds is 7. The summed E-state index contributed by atoms with van der Waals surface area (Å²) in [6.45, 7) is 5.97. The topological polar surface area (TPSA) is 62.1 Å². The molecule has 0 fully saturated rings. The van der Waals surface area contributed by atoms with Crippen molar-refractivity contribution in [1.29, 1.82) is 5.26 Å². The molecule has 1 amide bonds. The molecule has 26 heavy (non-hydrogen) atoms. The van der Waals surface area contributed by atoms with E-state index in [2.05, 4.69) is 27.8 Å². The van der Waals surface area contributed by atoms with Gasteiger partial charge in [0.05, 0.1) is 0 Å². The molecule has 0 aliphatic carbocycles. The van der Waals surface area contributed by atoms with Crippen molar-refractivity contribution in [2.75, 3.05) is 11.9 Å². The summed E-state index contributed by atoms with van der Waals surface area (Å²) in [5.41, 5.74) is 2.35. The van der Waals surface area contributed by atoms with Gasteiger partial charge in [-0.1, -0.05) is 53.7 Å². The van der Waals surface area contributed by atoms with Gasteiger partial charge in [0.1, 0.15) is 24.0 Å². The van der Waals surface area contributed by atoms with E-state index >= 15 is 0 Å². The Kier molecular flexibility index (Phi) is 7.19. The van der Waals surface area contributed by atoms with Crippen LogP contribution in [-0.2, 0) is 11.2 Å². The number of nitrogens with one attached hydrogen (secondary N) is 1. The zero-order valence-electron chi connectivity index (χ0n) is 14.5. The molecule has 0 spiro atoms. The third kappa shape index (κ3) is 5.08. The molecular weight excluding hydrogens is 392 g/mol. The lowest BCUT2D eigenvalue weighted by molar-refractivity contribution is -0.112. The van der Waals surface area contributed by atoms with Crippen LogP contribution in [0.2, 0.25) is 0 Å². The van der Waals surface area contributed by atoms with E-state index in [1.807, 2.05) is 43.3 Å². The van der Waals surface area contributed by atoms with Gasteiger partial charge < -0.3 is 10.1 Å². The molecular formula is C21H19BrN2O2. The average Bonchev–Trinajstić information content (AvgIpc) is 2.65. The number of halogens is 1. The smallest absolute Gasteiger partial charge is 0.266 e. The number of ether oxygens (including phenoxy) is 1. The normalized spacial score (nSPS) is 10.7. The van der Waals surface area contributed by atoms with Gasteiger partial charge in [-0.05, 0) is 42.3 Å². The number of hydrogen-bond donors (Lipinski definition) is 1. The summed E-state index contributed by atoms with van der Waals surface area (Å²) >= 11 is 3.40. The third-order valence-corrected chi connectivity index (χ3v) is 4.13. The van der Waals surface area contributed by atoms with E-state index in [4.69, 9.17) is 4.74 Å². The maximum Gasteiger partial charge on any atom is 0.266 e. The standard InChI is InChI=1S/C21H19BrN2O2/c1-3-11-26-20-10-9-18(22)13-16(20)12-17(14-23)21(25)24-19-8-6-5-7-15(19)4-2/h3,5-10,12-13H,1,4,11H2,2H3,(H,24,25)/b17-12+. The molecule has 0 unspecified atom stereocenters. The average molecular weight is 411 g/mol. The second kappa shape index (κ2) is 9.59. The minimum absolute atomic E-state index is 0.00235. The molecule has 0 saturated heterocycles. The molecule has 0 aliphatic heterocycles. The van der Waals surface area contributed by atoms with E-state index < -0.39 is 5.91 Å². The van der Waals surface area contributed by atoms with Crippen LogP contribution in [0.15, 0.2) is 65.2 Å². The molecule has 1 N–H and O–H groups in total. The molecule has 4 nitrogen and oxygen atoms in total. The number of carbonyl (C=O) groups is 1. The fourth-order valence-electron chi connectivity index (χ4n) is 2.36. The summed E-state index contributed by atoms with van der Waals surface area (Å²) in [6.07, 6.45) is 3.94. The van der Waals surface area contributed by atoms with Crippen molar-refractivity contribution in [3.05, 3.63) is 76.3 Å². The highest BCUT2D eigenvalue weighted by molar-refractivity contribution is 9.10. The number of hydrogen-bond acceptors (Lipinski definition) is 3. The van der Waals surface area contributed by atoms with Crippen LogP contribution in [-0.4, -0.2) is 12.5 Å². The number of amides is 1. The summed E-state index contributed by atoms with van der Waals surface area (Å²) in [7, 11) is 0. The first-order valence-corrected chi connectivity index (χ1v) is 8.92. The molecule has 2 aromatic rings. The first kappa shape index (κ1) is 19.5. The van der Waals surface area contributed by atoms with Crippen LogP contribution in [0.25, 0.3) is 6.08 Å². The number of carbonyl (C=O) groups excluding carboxylic acids is 1. The minimum atomic E-state index is -0.456. The molecule has 0 aliphatic rings. The van der Waals surface area contributed by atoms with Gasteiger partial charge in [-0.2, -0.15) is 5.26 Å². The summed E-state index contributed by atoms with van der Waals surface area (Å²) in [6, 6.07) is 14.9. The van der Waals surface area contributed by atoms with Crippen molar-refractivity contribution in [2.24, 2.45) is 0 Å². The van der Waals surface area contributed by atoms with Crippen LogP contribution in [0, 0.1) is 11.3 Å². The predicted octanol–water partition coefficient (Wildman–Crippen LogP) is 5.12. The second-order valence-corrected chi connectivity index (χ2v) is 6.33. The lowest BCUT2D eigenvalue weighted by Crippen LogP contribution is -2.14. The summed E-state index contributed by atoms with van der Waals surface area (Å²) < 4.78 is 6.42. The van der Waals surface area contributed by atoms with E-state index in [-0.39, 0.29) is 5.57 Å². The van der Waals surface area contributed by atoms with Gasteiger partial charge >= 0.3 is 0 Å². The van der Waals surface area contributed by atoms with Gasteiger partial charge in [-0.25, -0.2) is 0 Å². The number of anilines is 1. The van der Waals surface area contributed by atoms with Gasteiger partial charge in [0.15, 0.2) is 0 Å². The van der Waals surface area contributed by atoms with Gasteiger partial charge in [-0.3, -0.25) is 4.79 Å². The third-order valence-electron chi connectivity index (χ3n) is 3.64. The molecule has 2 rings (SSSR count). The molecule has 0 radical (unpaired) electrons. The molecule has 0 saturated carbocycles. The lowest BCUT2D eigenvalue weighted by Gasteiger charge is -2.10. The van der Waals surface area contributed by atoms with Crippen molar-refractivity contribution in [3.63, 3.8) is 0 Å². The fourth-order valence-corrected chi connectivity index (χ4v) is 2.74. The number of nitriles is 1.